The Hall–Kier alpha value is -0.380. The molecule has 12 heavy (non-hydrogen) atoms. The summed E-state index contributed by atoms with van der Waals surface area (Å²) in [4.78, 5) is 2.16. The van der Waals surface area contributed by atoms with Crippen molar-refractivity contribution in [2.45, 2.75) is 6.42 Å². The van der Waals surface area contributed by atoms with Gasteiger partial charge in [0.05, 0.1) is 13.2 Å². The van der Waals surface area contributed by atoms with Gasteiger partial charge in [0.1, 0.15) is 0 Å². The third-order valence-electron chi connectivity index (χ3n) is 1.68. The number of rotatable bonds is 8. The second-order valence-corrected chi connectivity index (χ2v) is 2.64. The van der Waals surface area contributed by atoms with Crippen molar-refractivity contribution in [1.29, 1.82) is 0 Å². The van der Waals surface area contributed by atoms with Gasteiger partial charge in [-0.3, -0.25) is 4.90 Å². The molecular weight excluding hydrogens is 154 g/mol. The van der Waals surface area contributed by atoms with E-state index in [0.29, 0.717) is 0 Å². The largest absolute Gasteiger partial charge is 0.395 e. The Labute approximate surface area is 74.6 Å². The normalized spacial score (nSPS) is 10.6. The highest BCUT2D eigenvalue weighted by atomic mass is 16.5. The maximum absolute atomic E-state index is 8.73. The van der Waals surface area contributed by atoms with Crippen molar-refractivity contribution in [3.63, 3.8) is 0 Å². The molecule has 1 N–H and O–H groups in total. The van der Waals surface area contributed by atoms with Crippen LogP contribution in [-0.2, 0) is 4.74 Å². The molecule has 3 heteroatoms. The number of hydrogen-bond donors (Lipinski definition) is 1. The predicted octanol–water partition coefficient (Wildman–Crippen LogP) is 0.503. The molecule has 0 heterocycles. The molecule has 0 atom stereocenters. The number of ether oxygens (including phenoxy) is 1. The van der Waals surface area contributed by atoms with Crippen LogP contribution < -0.4 is 0 Å². The zero-order valence-corrected chi connectivity index (χ0v) is 7.83. The summed E-state index contributed by atoms with van der Waals surface area (Å²) in [5.74, 6) is 0. The van der Waals surface area contributed by atoms with E-state index < -0.39 is 0 Å². The molecule has 72 valence electrons. The predicted molar refractivity (Wildman–Crippen MR) is 50.2 cm³/mol. The van der Waals surface area contributed by atoms with E-state index in [4.69, 9.17) is 9.84 Å². The van der Waals surface area contributed by atoms with Crippen molar-refractivity contribution >= 4 is 0 Å². The van der Waals surface area contributed by atoms with Gasteiger partial charge in [0.2, 0.25) is 0 Å². The molecule has 0 bridgehead atoms. The first-order valence-corrected chi connectivity index (χ1v) is 4.28. The monoisotopic (exact) mass is 173 g/mol. The number of aliphatic hydroxyl groups is 1. The number of aliphatic hydroxyl groups excluding tert-OH is 1. The van der Waals surface area contributed by atoms with Gasteiger partial charge in [0, 0.05) is 26.7 Å². The minimum atomic E-state index is 0.209. The fourth-order valence-electron chi connectivity index (χ4n) is 0.971. The Balaban J connectivity index is 3.46. The second kappa shape index (κ2) is 8.71. The van der Waals surface area contributed by atoms with Gasteiger partial charge >= 0.3 is 0 Å². The highest BCUT2D eigenvalue weighted by Gasteiger charge is 2.01. The SMILES string of the molecule is C=CCCN(CCO)CCOC. The standard InChI is InChI=1S/C9H19NO2/c1-3-4-5-10(6-8-11)7-9-12-2/h3,11H,1,4-9H2,2H3. The van der Waals surface area contributed by atoms with E-state index in [1.807, 2.05) is 6.08 Å². The Kier molecular flexibility index (Phi) is 8.44. The first-order valence-electron chi connectivity index (χ1n) is 4.28. The van der Waals surface area contributed by atoms with Crippen LogP contribution in [0, 0.1) is 0 Å². The summed E-state index contributed by atoms with van der Waals surface area (Å²) in [5.41, 5.74) is 0. The molecular formula is C9H19NO2. The second-order valence-electron chi connectivity index (χ2n) is 2.64. The van der Waals surface area contributed by atoms with Crippen molar-refractivity contribution in [3.8, 4) is 0 Å². The van der Waals surface area contributed by atoms with Crippen molar-refractivity contribution in [3.05, 3.63) is 12.7 Å². The van der Waals surface area contributed by atoms with Crippen LogP contribution in [0.2, 0.25) is 0 Å². The summed E-state index contributed by atoms with van der Waals surface area (Å²) in [5, 5.41) is 8.73. The van der Waals surface area contributed by atoms with Gasteiger partial charge in [-0.15, -0.1) is 6.58 Å². The minimum Gasteiger partial charge on any atom is -0.395 e. The Morgan fingerprint density at radius 2 is 2.17 bits per heavy atom. The topological polar surface area (TPSA) is 32.7 Å². The Morgan fingerprint density at radius 3 is 2.67 bits per heavy atom. The molecule has 0 amide bonds. The van der Waals surface area contributed by atoms with Crippen LogP contribution >= 0.6 is 0 Å². The van der Waals surface area contributed by atoms with Gasteiger partial charge in [-0.25, -0.2) is 0 Å². The van der Waals surface area contributed by atoms with E-state index in [2.05, 4.69) is 11.5 Å². The lowest BCUT2D eigenvalue weighted by molar-refractivity contribution is 0.132. The van der Waals surface area contributed by atoms with E-state index in [1.54, 1.807) is 7.11 Å². The highest BCUT2D eigenvalue weighted by molar-refractivity contribution is 4.69. The Morgan fingerprint density at radius 1 is 1.42 bits per heavy atom. The van der Waals surface area contributed by atoms with Crippen LogP contribution in [0.15, 0.2) is 12.7 Å². The molecule has 0 aliphatic carbocycles. The van der Waals surface area contributed by atoms with Gasteiger partial charge in [-0.2, -0.15) is 0 Å². The minimum absolute atomic E-state index is 0.209. The van der Waals surface area contributed by atoms with Crippen molar-refractivity contribution in [1.82, 2.24) is 4.90 Å². The highest BCUT2D eigenvalue weighted by Crippen LogP contribution is 1.91. The van der Waals surface area contributed by atoms with Crippen molar-refractivity contribution < 1.29 is 9.84 Å². The maximum atomic E-state index is 8.73. The lowest BCUT2D eigenvalue weighted by atomic mass is 10.3. The van der Waals surface area contributed by atoms with E-state index in [-0.39, 0.29) is 6.61 Å². The zero-order valence-electron chi connectivity index (χ0n) is 7.83. The third kappa shape index (κ3) is 6.34. The fraction of sp³-hybridized carbons (Fsp3) is 0.778. The number of methoxy groups -OCH3 is 1. The maximum Gasteiger partial charge on any atom is 0.0589 e. The van der Waals surface area contributed by atoms with Crippen LogP contribution in [0.5, 0.6) is 0 Å². The molecule has 0 aliphatic rings. The first-order chi connectivity index (χ1) is 5.85. The average molecular weight is 173 g/mol. The summed E-state index contributed by atoms with van der Waals surface area (Å²) in [6, 6.07) is 0. The molecule has 0 saturated carbocycles. The summed E-state index contributed by atoms with van der Waals surface area (Å²) < 4.78 is 4.95. The van der Waals surface area contributed by atoms with Gasteiger partial charge in [-0.1, -0.05) is 6.08 Å². The molecule has 0 saturated heterocycles. The van der Waals surface area contributed by atoms with Gasteiger partial charge in [-0.05, 0) is 6.42 Å². The zero-order chi connectivity index (χ0) is 9.23. The van der Waals surface area contributed by atoms with E-state index in [0.717, 1.165) is 32.7 Å². The molecule has 0 fully saturated rings. The third-order valence-corrected chi connectivity index (χ3v) is 1.68. The van der Waals surface area contributed by atoms with E-state index in [9.17, 15) is 0 Å². The van der Waals surface area contributed by atoms with Crippen LogP contribution in [-0.4, -0.2) is 50.0 Å². The van der Waals surface area contributed by atoms with Gasteiger partial charge in [0.15, 0.2) is 0 Å². The van der Waals surface area contributed by atoms with Crippen molar-refractivity contribution in [2.24, 2.45) is 0 Å². The van der Waals surface area contributed by atoms with Crippen LogP contribution in [0.25, 0.3) is 0 Å². The van der Waals surface area contributed by atoms with Crippen LogP contribution in [0.1, 0.15) is 6.42 Å². The lowest BCUT2D eigenvalue weighted by Crippen LogP contribution is -2.31. The molecule has 0 radical (unpaired) electrons. The molecule has 0 unspecified atom stereocenters. The quantitative estimate of drug-likeness (QED) is 0.543. The molecule has 0 rings (SSSR count). The smallest absolute Gasteiger partial charge is 0.0589 e. The molecule has 0 aromatic carbocycles. The van der Waals surface area contributed by atoms with Gasteiger partial charge < -0.3 is 9.84 Å². The molecule has 0 aliphatic heterocycles. The first kappa shape index (κ1) is 11.6. The van der Waals surface area contributed by atoms with Crippen LogP contribution in [0.4, 0.5) is 0 Å². The molecule has 0 aromatic rings. The molecule has 0 spiro atoms. The summed E-state index contributed by atoms with van der Waals surface area (Å²) >= 11 is 0. The summed E-state index contributed by atoms with van der Waals surface area (Å²) in [6.45, 7) is 7.13. The number of nitrogens with zero attached hydrogens (tertiary/aromatic N) is 1. The Bertz CT molecular complexity index is 107. The van der Waals surface area contributed by atoms with Crippen LogP contribution in [0.3, 0.4) is 0 Å². The van der Waals surface area contributed by atoms with E-state index in [1.165, 1.54) is 0 Å². The summed E-state index contributed by atoms with van der Waals surface area (Å²) in [7, 11) is 1.69. The van der Waals surface area contributed by atoms with E-state index >= 15 is 0 Å². The lowest BCUT2D eigenvalue weighted by Gasteiger charge is -2.19. The van der Waals surface area contributed by atoms with Gasteiger partial charge in [0.25, 0.3) is 0 Å². The summed E-state index contributed by atoms with van der Waals surface area (Å²) in [6.07, 6.45) is 2.85. The average Bonchev–Trinajstić information content (AvgIpc) is 2.10. The fourth-order valence-corrected chi connectivity index (χ4v) is 0.971. The molecule has 3 nitrogen and oxygen atoms in total. The molecule has 0 aromatic heterocycles. The number of hydrogen-bond acceptors (Lipinski definition) is 3. The van der Waals surface area contributed by atoms with Crippen molar-refractivity contribution in [2.75, 3.05) is 40.0 Å².